The molecule has 2 atom stereocenters. The van der Waals surface area contributed by atoms with E-state index in [0.29, 0.717) is 39.0 Å². The highest BCUT2D eigenvalue weighted by Crippen LogP contribution is 2.37. The number of aliphatic hydroxyl groups is 1. The second-order valence-corrected chi connectivity index (χ2v) is 7.99. The largest absolute Gasteiger partial charge is 0.392 e. The second kappa shape index (κ2) is 5.38. The molecule has 2 aliphatic rings. The molecule has 0 aromatic rings. The summed E-state index contributed by atoms with van der Waals surface area (Å²) < 4.78 is 22.4. The lowest BCUT2D eigenvalue weighted by molar-refractivity contribution is -0.148. The normalized spacial score (nSPS) is 33.4. The third-order valence-corrected chi connectivity index (χ3v) is 5.10. The molecule has 0 bridgehead atoms. The molecule has 0 aromatic heterocycles. The topological polar surface area (TPSA) is 86.7 Å². The summed E-state index contributed by atoms with van der Waals surface area (Å²) >= 11 is 0. The number of sulfone groups is 1. The average Bonchev–Trinajstić information content (AvgIpc) is 2.33. The van der Waals surface area contributed by atoms with Gasteiger partial charge in [0.15, 0.2) is 0 Å². The van der Waals surface area contributed by atoms with Crippen molar-refractivity contribution in [3.8, 4) is 0 Å². The van der Waals surface area contributed by atoms with Crippen LogP contribution in [0.15, 0.2) is 0 Å². The third kappa shape index (κ3) is 3.27. The molecule has 2 heterocycles. The number of rotatable bonds is 3. The standard InChI is InChI=1S/C12H22N2O4S/c1-19(17,18)8-7-14-6-3-10(15)12(9-14)4-2-5-13-11(12)16/h10,15H,2-9H2,1H3,(H,13,16)/t10-,12-/m1/s1. The van der Waals surface area contributed by atoms with Crippen molar-refractivity contribution in [1.82, 2.24) is 10.2 Å². The Bertz CT molecular complexity index is 451. The van der Waals surface area contributed by atoms with E-state index in [9.17, 15) is 18.3 Å². The van der Waals surface area contributed by atoms with Crippen molar-refractivity contribution in [2.24, 2.45) is 5.41 Å². The summed E-state index contributed by atoms with van der Waals surface area (Å²) in [5, 5.41) is 13.0. The van der Waals surface area contributed by atoms with Crippen molar-refractivity contribution in [3.05, 3.63) is 0 Å². The van der Waals surface area contributed by atoms with Gasteiger partial charge in [-0.1, -0.05) is 0 Å². The molecule has 1 amide bonds. The molecular weight excluding hydrogens is 268 g/mol. The van der Waals surface area contributed by atoms with Crippen molar-refractivity contribution in [1.29, 1.82) is 0 Å². The zero-order valence-electron chi connectivity index (χ0n) is 11.3. The molecule has 0 aliphatic carbocycles. The van der Waals surface area contributed by atoms with Gasteiger partial charge in [-0.2, -0.15) is 0 Å². The Labute approximate surface area is 114 Å². The molecule has 0 unspecified atom stereocenters. The minimum Gasteiger partial charge on any atom is -0.392 e. The summed E-state index contributed by atoms with van der Waals surface area (Å²) in [6.45, 7) is 2.19. The monoisotopic (exact) mass is 290 g/mol. The van der Waals surface area contributed by atoms with Gasteiger partial charge in [-0.05, 0) is 19.3 Å². The van der Waals surface area contributed by atoms with E-state index in [2.05, 4.69) is 5.32 Å². The lowest BCUT2D eigenvalue weighted by atomic mass is 9.71. The first-order valence-corrected chi connectivity index (χ1v) is 8.76. The summed E-state index contributed by atoms with van der Waals surface area (Å²) in [6.07, 6.45) is 2.66. The Morgan fingerprint density at radius 1 is 1.53 bits per heavy atom. The molecule has 0 saturated carbocycles. The summed E-state index contributed by atoms with van der Waals surface area (Å²) in [7, 11) is -3.00. The van der Waals surface area contributed by atoms with Crippen LogP contribution in [0.2, 0.25) is 0 Å². The number of likely N-dealkylation sites (tertiary alicyclic amines) is 1. The molecule has 2 N–H and O–H groups in total. The number of aliphatic hydroxyl groups excluding tert-OH is 1. The lowest BCUT2D eigenvalue weighted by Crippen LogP contribution is -2.61. The summed E-state index contributed by atoms with van der Waals surface area (Å²) in [5.74, 6) is 0.0103. The van der Waals surface area contributed by atoms with Gasteiger partial charge >= 0.3 is 0 Å². The van der Waals surface area contributed by atoms with Gasteiger partial charge in [0.1, 0.15) is 9.84 Å². The Hall–Kier alpha value is -0.660. The SMILES string of the molecule is CS(=O)(=O)CCN1CC[C@@H](O)[C@@]2(CCCNC2=O)C1. The minimum atomic E-state index is -3.00. The van der Waals surface area contributed by atoms with E-state index in [4.69, 9.17) is 0 Å². The van der Waals surface area contributed by atoms with Crippen molar-refractivity contribution < 1.29 is 18.3 Å². The number of amides is 1. The van der Waals surface area contributed by atoms with Crippen LogP contribution in [0.25, 0.3) is 0 Å². The molecular formula is C12H22N2O4S. The van der Waals surface area contributed by atoms with E-state index < -0.39 is 21.4 Å². The highest BCUT2D eigenvalue weighted by molar-refractivity contribution is 7.90. The zero-order valence-corrected chi connectivity index (χ0v) is 12.1. The van der Waals surface area contributed by atoms with Crippen LogP contribution in [0.3, 0.4) is 0 Å². The van der Waals surface area contributed by atoms with Crippen molar-refractivity contribution >= 4 is 15.7 Å². The third-order valence-electron chi connectivity index (χ3n) is 4.18. The molecule has 2 fully saturated rings. The fraction of sp³-hybridized carbons (Fsp3) is 0.917. The summed E-state index contributed by atoms with van der Waals surface area (Å²) in [5.41, 5.74) is -0.742. The Morgan fingerprint density at radius 2 is 2.26 bits per heavy atom. The van der Waals surface area contributed by atoms with Crippen LogP contribution < -0.4 is 5.32 Å². The summed E-state index contributed by atoms with van der Waals surface area (Å²) in [4.78, 5) is 14.1. The predicted octanol–water partition coefficient (Wildman–Crippen LogP) is -1.01. The molecule has 2 aliphatic heterocycles. The highest BCUT2D eigenvalue weighted by atomic mass is 32.2. The van der Waals surface area contributed by atoms with Crippen molar-refractivity contribution in [3.63, 3.8) is 0 Å². The number of hydrogen-bond acceptors (Lipinski definition) is 5. The van der Waals surface area contributed by atoms with Crippen LogP contribution in [0.5, 0.6) is 0 Å². The fourth-order valence-electron chi connectivity index (χ4n) is 3.01. The van der Waals surface area contributed by atoms with Gasteiger partial charge < -0.3 is 15.3 Å². The van der Waals surface area contributed by atoms with E-state index in [1.165, 1.54) is 6.26 Å². The highest BCUT2D eigenvalue weighted by Gasteiger charge is 2.49. The number of carbonyl (C=O) groups is 1. The first kappa shape index (κ1) is 14.7. The quantitative estimate of drug-likeness (QED) is 0.696. The van der Waals surface area contributed by atoms with Gasteiger partial charge in [0.2, 0.25) is 5.91 Å². The molecule has 2 rings (SSSR count). The van der Waals surface area contributed by atoms with Crippen LogP contribution >= 0.6 is 0 Å². The van der Waals surface area contributed by atoms with Gasteiger partial charge in [0, 0.05) is 32.4 Å². The predicted molar refractivity (Wildman–Crippen MR) is 71.5 cm³/mol. The van der Waals surface area contributed by atoms with Crippen LogP contribution in [-0.4, -0.2) is 68.6 Å². The van der Waals surface area contributed by atoms with Crippen LogP contribution in [0.4, 0.5) is 0 Å². The van der Waals surface area contributed by atoms with Gasteiger partial charge in [-0.3, -0.25) is 4.79 Å². The number of hydrogen-bond donors (Lipinski definition) is 2. The number of nitrogens with one attached hydrogen (secondary N) is 1. The molecule has 0 aromatic carbocycles. The summed E-state index contributed by atoms with van der Waals surface area (Å²) in [6, 6.07) is 0. The molecule has 6 nitrogen and oxygen atoms in total. The average molecular weight is 290 g/mol. The maximum absolute atomic E-state index is 12.1. The number of piperidine rings is 2. The Kier molecular flexibility index (Phi) is 4.17. The molecule has 7 heteroatoms. The molecule has 19 heavy (non-hydrogen) atoms. The van der Waals surface area contributed by atoms with Crippen LogP contribution in [-0.2, 0) is 14.6 Å². The zero-order chi connectivity index (χ0) is 14.1. The maximum atomic E-state index is 12.1. The van der Waals surface area contributed by atoms with Gasteiger partial charge in [0.25, 0.3) is 0 Å². The first-order chi connectivity index (χ1) is 8.83. The molecule has 0 radical (unpaired) electrons. The maximum Gasteiger partial charge on any atom is 0.230 e. The molecule has 1 spiro atoms. The van der Waals surface area contributed by atoms with Crippen LogP contribution in [0.1, 0.15) is 19.3 Å². The number of carbonyl (C=O) groups excluding carboxylic acids is 1. The van der Waals surface area contributed by atoms with E-state index in [1.807, 2.05) is 4.90 Å². The van der Waals surface area contributed by atoms with Gasteiger partial charge in [-0.25, -0.2) is 8.42 Å². The van der Waals surface area contributed by atoms with E-state index >= 15 is 0 Å². The molecule has 110 valence electrons. The van der Waals surface area contributed by atoms with E-state index in [0.717, 1.165) is 6.42 Å². The minimum absolute atomic E-state index is 0.0877. The van der Waals surface area contributed by atoms with E-state index in [1.54, 1.807) is 0 Å². The first-order valence-electron chi connectivity index (χ1n) is 6.70. The van der Waals surface area contributed by atoms with E-state index in [-0.39, 0.29) is 11.7 Å². The van der Waals surface area contributed by atoms with Gasteiger partial charge in [0.05, 0.1) is 17.3 Å². The van der Waals surface area contributed by atoms with Crippen LogP contribution in [0, 0.1) is 5.41 Å². The van der Waals surface area contributed by atoms with Gasteiger partial charge in [-0.15, -0.1) is 0 Å². The smallest absolute Gasteiger partial charge is 0.230 e. The second-order valence-electron chi connectivity index (χ2n) is 5.73. The lowest BCUT2D eigenvalue weighted by Gasteiger charge is -2.46. The molecule has 2 saturated heterocycles. The fourth-order valence-corrected chi connectivity index (χ4v) is 3.60. The van der Waals surface area contributed by atoms with Crippen molar-refractivity contribution in [2.75, 3.05) is 38.2 Å². The Balaban J connectivity index is 2.05. The number of nitrogens with zero attached hydrogens (tertiary/aromatic N) is 1. The van der Waals surface area contributed by atoms with Crippen molar-refractivity contribution in [2.45, 2.75) is 25.4 Å². The Morgan fingerprint density at radius 3 is 2.89 bits per heavy atom.